The second kappa shape index (κ2) is 8.51. The molecule has 1 aromatic rings. The molecule has 0 aliphatic carbocycles. The van der Waals surface area contributed by atoms with Crippen LogP contribution < -0.4 is 5.32 Å². The molecule has 0 aliphatic rings. The highest BCUT2D eigenvalue weighted by atomic mass is 32.2. The van der Waals surface area contributed by atoms with E-state index < -0.39 is 0 Å². The molecule has 0 aromatic carbocycles. The molecule has 4 heteroatoms. The fourth-order valence-electron chi connectivity index (χ4n) is 1.74. The van der Waals surface area contributed by atoms with E-state index in [4.69, 9.17) is 0 Å². The Labute approximate surface area is 114 Å². The van der Waals surface area contributed by atoms with Crippen molar-refractivity contribution >= 4 is 11.8 Å². The normalized spacial score (nSPS) is 14.4. The first kappa shape index (κ1) is 15.5. The van der Waals surface area contributed by atoms with Crippen LogP contribution in [-0.2, 0) is 0 Å². The van der Waals surface area contributed by atoms with Crippen molar-refractivity contribution in [3.63, 3.8) is 0 Å². The summed E-state index contributed by atoms with van der Waals surface area (Å²) in [6, 6.07) is 4.07. The smallest absolute Gasteiger partial charge is 0.0610 e. The van der Waals surface area contributed by atoms with Crippen LogP contribution in [0, 0.1) is 0 Å². The first-order chi connectivity index (χ1) is 8.70. The van der Waals surface area contributed by atoms with Crippen LogP contribution in [0.25, 0.3) is 0 Å². The van der Waals surface area contributed by atoms with Crippen LogP contribution >= 0.6 is 11.8 Å². The number of thioether (sulfide) groups is 1. The van der Waals surface area contributed by atoms with Gasteiger partial charge in [-0.1, -0.05) is 6.92 Å². The van der Waals surface area contributed by atoms with Gasteiger partial charge in [-0.3, -0.25) is 4.98 Å². The van der Waals surface area contributed by atoms with Gasteiger partial charge in [0.15, 0.2) is 0 Å². The zero-order valence-corrected chi connectivity index (χ0v) is 12.2. The van der Waals surface area contributed by atoms with Gasteiger partial charge in [0.2, 0.25) is 0 Å². The molecule has 0 spiro atoms. The van der Waals surface area contributed by atoms with Crippen LogP contribution in [0.5, 0.6) is 0 Å². The van der Waals surface area contributed by atoms with Gasteiger partial charge in [0.05, 0.1) is 6.61 Å². The van der Waals surface area contributed by atoms with E-state index in [0.29, 0.717) is 0 Å². The number of rotatable bonds is 9. The summed E-state index contributed by atoms with van der Waals surface area (Å²) in [5.41, 5.74) is -0.130. The summed E-state index contributed by atoms with van der Waals surface area (Å²) in [5.74, 6) is 1.08. The molecule has 0 aliphatic heterocycles. The molecule has 0 amide bonds. The van der Waals surface area contributed by atoms with Gasteiger partial charge in [-0.25, -0.2) is 0 Å². The van der Waals surface area contributed by atoms with Gasteiger partial charge in [0.1, 0.15) is 0 Å². The molecule has 0 saturated heterocycles. The van der Waals surface area contributed by atoms with Crippen LogP contribution in [0.3, 0.4) is 0 Å². The maximum absolute atomic E-state index is 9.45. The lowest BCUT2D eigenvalue weighted by molar-refractivity contribution is 0.165. The maximum atomic E-state index is 9.45. The monoisotopic (exact) mass is 268 g/mol. The number of nitrogens with one attached hydrogen (secondary N) is 1. The zero-order chi connectivity index (χ0) is 13.3. The minimum Gasteiger partial charge on any atom is -0.394 e. The summed E-state index contributed by atoms with van der Waals surface area (Å²) >= 11 is 1.85. The lowest BCUT2D eigenvalue weighted by Gasteiger charge is -2.28. The topological polar surface area (TPSA) is 45.1 Å². The van der Waals surface area contributed by atoms with E-state index in [-0.39, 0.29) is 12.1 Å². The van der Waals surface area contributed by atoms with E-state index in [9.17, 15) is 5.11 Å². The van der Waals surface area contributed by atoms with Crippen LogP contribution in [0.4, 0.5) is 0 Å². The molecule has 1 heterocycles. The second-order valence-corrected chi connectivity index (χ2v) is 5.95. The summed E-state index contributed by atoms with van der Waals surface area (Å²) in [6.07, 6.45) is 6.84. The molecule has 102 valence electrons. The van der Waals surface area contributed by atoms with Crippen molar-refractivity contribution in [3.05, 3.63) is 24.5 Å². The predicted octanol–water partition coefficient (Wildman–Crippen LogP) is 2.70. The van der Waals surface area contributed by atoms with Gasteiger partial charge in [-0.15, -0.1) is 11.8 Å². The van der Waals surface area contributed by atoms with Crippen molar-refractivity contribution < 1.29 is 5.11 Å². The van der Waals surface area contributed by atoms with E-state index in [0.717, 1.165) is 31.6 Å². The first-order valence-electron chi connectivity index (χ1n) is 6.59. The Morgan fingerprint density at radius 3 is 2.72 bits per heavy atom. The van der Waals surface area contributed by atoms with Crippen LogP contribution in [0.1, 0.15) is 33.1 Å². The Kier molecular flexibility index (Phi) is 7.32. The van der Waals surface area contributed by atoms with E-state index in [2.05, 4.69) is 24.1 Å². The van der Waals surface area contributed by atoms with Crippen molar-refractivity contribution in [1.29, 1.82) is 0 Å². The van der Waals surface area contributed by atoms with Crippen LogP contribution in [0.15, 0.2) is 29.4 Å². The third-order valence-electron chi connectivity index (χ3n) is 2.94. The second-order valence-electron chi connectivity index (χ2n) is 4.78. The molecule has 18 heavy (non-hydrogen) atoms. The predicted molar refractivity (Wildman–Crippen MR) is 78.0 cm³/mol. The average Bonchev–Trinajstić information content (AvgIpc) is 2.43. The van der Waals surface area contributed by atoms with E-state index in [1.54, 1.807) is 0 Å². The lowest BCUT2D eigenvalue weighted by Crippen LogP contribution is -2.46. The zero-order valence-electron chi connectivity index (χ0n) is 11.4. The van der Waals surface area contributed by atoms with Gasteiger partial charge in [-0.05, 0) is 50.6 Å². The average molecular weight is 268 g/mol. The maximum Gasteiger partial charge on any atom is 0.0610 e. The van der Waals surface area contributed by atoms with Crippen molar-refractivity contribution in [1.82, 2.24) is 10.3 Å². The lowest BCUT2D eigenvalue weighted by atomic mass is 9.97. The molecule has 1 rings (SSSR count). The van der Waals surface area contributed by atoms with Gasteiger partial charge in [-0.2, -0.15) is 0 Å². The molecule has 0 fully saturated rings. The van der Waals surface area contributed by atoms with Gasteiger partial charge in [0, 0.05) is 22.8 Å². The van der Waals surface area contributed by atoms with Gasteiger partial charge >= 0.3 is 0 Å². The highest BCUT2D eigenvalue weighted by Crippen LogP contribution is 2.20. The Bertz CT molecular complexity index is 321. The Morgan fingerprint density at radius 2 is 2.11 bits per heavy atom. The molecule has 2 N–H and O–H groups in total. The standard InChI is InChI=1S/C14H24N2OS/c1-3-8-16-14(2,12-17)7-4-11-18-13-5-9-15-10-6-13/h5-6,9-10,16-17H,3-4,7-8,11-12H2,1-2H3. The van der Waals surface area contributed by atoms with Gasteiger partial charge < -0.3 is 10.4 Å². The molecular formula is C14H24N2OS. The molecule has 0 bridgehead atoms. The Balaban J connectivity index is 2.23. The fourth-order valence-corrected chi connectivity index (χ4v) is 2.58. The highest BCUT2D eigenvalue weighted by Gasteiger charge is 2.21. The minimum atomic E-state index is -0.130. The SMILES string of the molecule is CCCNC(C)(CO)CCCSc1ccncc1. The van der Waals surface area contributed by atoms with Crippen molar-refractivity contribution in [2.24, 2.45) is 0 Å². The number of pyridine rings is 1. The number of hydrogen-bond donors (Lipinski definition) is 2. The van der Waals surface area contributed by atoms with Crippen LogP contribution in [-0.4, -0.2) is 34.5 Å². The van der Waals surface area contributed by atoms with E-state index in [1.165, 1.54) is 4.90 Å². The Hall–Kier alpha value is -0.580. The first-order valence-corrected chi connectivity index (χ1v) is 7.57. The highest BCUT2D eigenvalue weighted by molar-refractivity contribution is 7.99. The Morgan fingerprint density at radius 1 is 1.39 bits per heavy atom. The molecule has 3 nitrogen and oxygen atoms in total. The summed E-state index contributed by atoms with van der Waals surface area (Å²) in [6.45, 7) is 5.41. The number of hydrogen-bond acceptors (Lipinski definition) is 4. The third kappa shape index (κ3) is 5.85. The number of aliphatic hydroxyl groups excluding tert-OH is 1. The molecular weight excluding hydrogens is 244 g/mol. The van der Waals surface area contributed by atoms with Crippen molar-refractivity contribution in [3.8, 4) is 0 Å². The van der Waals surface area contributed by atoms with Crippen molar-refractivity contribution in [2.75, 3.05) is 18.9 Å². The third-order valence-corrected chi connectivity index (χ3v) is 4.04. The van der Waals surface area contributed by atoms with Crippen molar-refractivity contribution in [2.45, 2.75) is 43.5 Å². The van der Waals surface area contributed by atoms with Gasteiger partial charge in [0.25, 0.3) is 0 Å². The minimum absolute atomic E-state index is 0.130. The molecule has 0 radical (unpaired) electrons. The van der Waals surface area contributed by atoms with Crippen LogP contribution in [0.2, 0.25) is 0 Å². The summed E-state index contributed by atoms with van der Waals surface area (Å²) < 4.78 is 0. The largest absolute Gasteiger partial charge is 0.394 e. The molecule has 1 atom stereocenters. The number of nitrogens with zero attached hydrogens (tertiary/aromatic N) is 1. The summed E-state index contributed by atoms with van der Waals surface area (Å²) in [5, 5.41) is 12.9. The molecule has 1 unspecified atom stereocenters. The summed E-state index contributed by atoms with van der Waals surface area (Å²) in [7, 11) is 0. The van der Waals surface area contributed by atoms with E-state index >= 15 is 0 Å². The summed E-state index contributed by atoms with van der Waals surface area (Å²) in [4.78, 5) is 5.26. The number of aliphatic hydroxyl groups is 1. The number of aromatic nitrogens is 1. The molecule has 0 saturated carbocycles. The fraction of sp³-hybridized carbons (Fsp3) is 0.643. The quantitative estimate of drug-likeness (QED) is 0.534. The molecule has 1 aromatic heterocycles. The van der Waals surface area contributed by atoms with E-state index in [1.807, 2.05) is 36.3 Å².